The van der Waals surface area contributed by atoms with E-state index in [1.807, 2.05) is 18.3 Å². The molecule has 0 saturated heterocycles. The van der Waals surface area contributed by atoms with E-state index in [-0.39, 0.29) is 0 Å². The fraction of sp³-hybridized carbons (Fsp3) is 0.111. The van der Waals surface area contributed by atoms with Crippen molar-refractivity contribution in [3.05, 3.63) is 84.1 Å². The normalized spacial score (nSPS) is 17.7. The molecule has 0 aliphatic carbocycles. The first-order valence-electron chi connectivity index (χ1n) is 6.59. The molecule has 2 aromatic carbocycles. The summed E-state index contributed by atoms with van der Waals surface area (Å²) in [6.07, 6.45) is 6.21. The van der Waals surface area contributed by atoms with E-state index in [0.717, 1.165) is 0 Å². The first-order valence-corrected chi connectivity index (χ1v) is 6.59. The second kappa shape index (κ2) is 5.15. The average molecular weight is 247 g/mol. The zero-order chi connectivity index (χ0) is 13.1. The minimum atomic E-state index is 0.301. The number of benzene rings is 2. The molecule has 1 N–H and O–H groups in total. The molecule has 0 spiro atoms. The van der Waals surface area contributed by atoms with Crippen molar-refractivity contribution in [3.8, 4) is 11.1 Å². The molecule has 1 heterocycles. The Bertz CT molecular complexity index is 606. The molecular weight excluding hydrogens is 230 g/mol. The monoisotopic (exact) mass is 247 g/mol. The summed E-state index contributed by atoms with van der Waals surface area (Å²) in [6.45, 7) is 2.16. The predicted molar refractivity (Wildman–Crippen MR) is 80.7 cm³/mol. The Labute approximate surface area is 114 Å². The maximum atomic E-state index is 3.40. The van der Waals surface area contributed by atoms with Gasteiger partial charge in [0.25, 0.3) is 0 Å². The molecule has 1 nitrogen and oxygen atoms in total. The van der Waals surface area contributed by atoms with E-state index in [9.17, 15) is 0 Å². The van der Waals surface area contributed by atoms with Gasteiger partial charge >= 0.3 is 0 Å². The molecule has 0 bridgehead atoms. The van der Waals surface area contributed by atoms with Gasteiger partial charge in [0.1, 0.15) is 0 Å². The molecule has 1 atom stereocenters. The number of hydrogen-bond donors (Lipinski definition) is 1. The van der Waals surface area contributed by atoms with Crippen LogP contribution in [-0.2, 0) is 0 Å². The van der Waals surface area contributed by atoms with Gasteiger partial charge in [-0.3, -0.25) is 0 Å². The zero-order valence-corrected chi connectivity index (χ0v) is 11.0. The van der Waals surface area contributed by atoms with Crippen LogP contribution in [0.2, 0.25) is 0 Å². The number of allylic oxidation sites excluding steroid dienone is 2. The number of dihydropyridines is 1. The third-order valence-electron chi connectivity index (χ3n) is 3.52. The maximum absolute atomic E-state index is 3.40. The molecule has 19 heavy (non-hydrogen) atoms. The number of rotatable bonds is 2. The first-order chi connectivity index (χ1) is 9.34. The lowest BCUT2D eigenvalue weighted by molar-refractivity contribution is 0.703. The standard InChI is InChI=1S/C18H17N/c1-14-6-5-13-19-18(14)17-11-9-16(10-12-17)15-7-3-2-4-8-15/h2-13,18-19H,1H3. The summed E-state index contributed by atoms with van der Waals surface area (Å²) in [4.78, 5) is 0. The van der Waals surface area contributed by atoms with E-state index in [1.54, 1.807) is 0 Å². The molecule has 0 radical (unpaired) electrons. The van der Waals surface area contributed by atoms with Gasteiger partial charge in [0, 0.05) is 0 Å². The van der Waals surface area contributed by atoms with Crippen LogP contribution >= 0.6 is 0 Å². The fourth-order valence-corrected chi connectivity index (χ4v) is 2.44. The summed E-state index contributed by atoms with van der Waals surface area (Å²) in [6, 6.07) is 19.6. The molecular formula is C18H17N. The van der Waals surface area contributed by atoms with E-state index in [1.165, 1.54) is 22.3 Å². The topological polar surface area (TPSA) is 12.0 Å². The highest BCUT2D eigenvalue weighted by atomic mass is 14.9. The fourth-order valence-electron chi connectivity index (χ4n) is 2.44. The van der Waals surface area contributed by atoms with Crippen molar-refractivity contribution in [1.29, 1.82) is 0 Å². The lowest BCUT2D eigenvalue weighted by Crippen LogP contribution is -2.18. The zero-order valence-electron chi connectivity index (χ0n) is 11.0. The van der Waals surface area contributed by atoms with E-state index < -0.39 is 0 Å². The van der Waals surface area contributed by atoms with Gasteiger partial charge in [-0.1, -0.05) is 60.7 Å². The molecule has 0 aromatic heterocycles. The third kappa shape index (κ3) is 2.45. The number of nitrogens with one attached hydrogen (secondary N) is 1. The van der Waals surface area contributed by atoms with Gasteiger partial charge in [0.05, 0.1) is 6.04 Å². The Morgan fingerprint density at radius 3 is 2.21 bits per heavy atom. The van der Waals surface area contributed by atoms with E-state index in [4.69, 9.17) is 0 Å². The highest BCUT2D eigenvalue weighted by molar-refractivity contribution is 5.63. The first kappa shape index (κ1) is 11.8. The van der Waals surface area contributed by atoms with Gasteiger partial charge in [0.2, 0.25) is 0 Å². The van der Waals surface area contributed by atoms with E-state index in [2.05, 4.69) is 66.8 Å². The second-order valence-corrected chi connectivity index (χ2v) is 4.86. The molecule has 0 fully saturated rings. The lowest BCUT2D eigenvalue weighted by Gasteiger charge is -2.21. The Hall–Kier alpha value is -2.28. The molecule has 3 rings (SSSR count). The second-order valence-electron chi connectivity index (χ2n) is 4.86. The van der Waals surface area contributed by atoms with Crippen molar-refractivity contribution in [1.82, 2.24) is 5.32 Å². The van der Waals surface area contributed by atoms with E-state index >= 15 is 0 Å². The van der Waals surface area contributed by atoms with Crippen LogP contribution in [0.4, 0.5) is 0 Å². The summed E-state index contributed by atoms with van der Waals surface area (Å²) in [5.41, 5.74) is 5.17. The molecule has 2 aromatic rings. The van der Waals surface area contributed by atoms with Crippen molar-refractivity contribution in [2.75, 3.05) is 0 Å². The molecule has 1 aliphatic rings. The largest absolute Gasteiger partial charge is 0.380 e. The summed E-state index contributed by atoms with van der Waals surface area (Å²) < 4.78 is 0. The van der Waals surface area contributed by atoms with Crippen molar-refractivity contribution in [3.63, 3.8) is 0 Å². The number of hydrogen-bond acceptors (Lipinski definition) is 1. The molecule has 0 amide bonds. The van der Waals surface area contributed by atoms with Gasteiger partial charge in [-0.15, -0.1) is 0 Å². The van der Waals surface area contributed by atoms with Crippen LogP contribution in [-0.4, -0.2) is 0 Å². The summed E-state index contributed by atoms with van der Waals surface area (Å²) in [5, 5.41) is 3.40. The average Bonchev–Trinajstić information content (AvgIpc) is 2.49. The van der Waals surface area contributed by atoms with Crippen LogP contribution in [0.25, 0.3) is 11.1 Å². The highest BCUT2D eigenvalue weighted by Crippen LogP contribution is 2.26. The van der Waals surface area contributed by atoms with Gasteiger partial charge < -0.3 is 5.32 Å². The van der Waals surface area contributed by atoms with Gasteiger partial charge in [-0.2, -0.15) is 0 Å². The minimum absolute atomic E-state index is 0.301. The smallest absolute Gasteiger partial charge is 0.0722 e. The molecule has 0 saturated carbocycles. The minimum Gasteiger partial charge on any atom is -0.380 e. The van der Waals surface area contributed by atoms with Gasteiger partial charge in [-0.05, 0) is 41.5 Å². The van der Waals surface area contributed by atoms with Crippen molar-refractivity contribution in [2.24, 2.45) is 0 Å². The molecule has 1 heteroatoms. The van der Waals surface area contributed by atoms with Crippen molar-refractivity contribution < 1.29 is 0 Å². The third-order valence-corrected chi connectivity index (χ3v) is 3.52. The summed E-state index contributed by atoms with van der Waals surface area (Å²) >= 11 is 0. The summed E-state index contributed by atoms with van der Waals surface area (Å²) in [5.74, 6) is 0. The predicted octanol–water partition coefficient (Wildman–Crippen LogP) is 4.46. The van der Waals surface area contributed by atoms with Crippen LogP contribution in [0.15, 0.2) is 78.5 Å². The van der Waals surface area contributed by atoms with Crippen LogP contribution in [0, 0.1) is 0 Å². The Balaban J connectivity index is 1.88. The van der Waals surface area contributed by atoms with Gasteiger partial charge in [0.15, 0.2) is 0 Å². The lowest BCUT2D eigenvalue weighted by atomic mass is 9.96. The van der Waals surface area contributed by atoms with Crippen LogP contribution in [0.1, 0.15) is 18.5 Å². The molecule has 94 valence electrons. The Morgan fingerprint density at radius 2 is 1.53 bits per heavy atom. The Morgan fingerprint density at radius 1 is 0.842 bits per heavy atom. The van der Waals surface area contributed by atoms with Crippen LogP contribution in [0.3, 0.4) is 0 Å². The van der Waals surface area contributed by atoms with Crippen LogP contribution in [0.5, 0.6) is 0 Å². The van der Waals surface area contributed by atoms with Crippen molar-refractivity contribution >= 4 is 0 Å². The SMILES string of the molecule is CC1=CC=CNC1c1ccc(-c2ccccc2)cc1. The molecule has 1 aliphatic heterocycles. The maximum Gasteiger partial charge on any atom is 0.0722 e. The highest BCUT2D eigenvalue weighted by Gasteiger charge is 2.13. The quantitative estimate of drug-likeness (QED) is 0.826. The summed E-state index contributed by atoms with van der Waals surface area (Å²) in [7, 11) is 0. The Kier molecular flexibility index (Phi) is 3.20. The molecule has 1 unspecified atom stereocenters. The van der Waals surface area contributed by atoms with E-state index in [0.29, 0.717) is 6.04 Å². The van der Waals surface area contributed by atoms with Crippen LogP contribution < -0.4 is 5.32 Å². The van der Waals surface area contributed by atoms with Crippen molar-refractivity contribution in [2.45, 2.75) is 13.0 Å². The van der Waals surface area contributed by atoms with Gasteiger partial charge in [-0.25, -0.2) is 0 Å².